The van der Waals surface area contributed by atoms with Crippen LogP contribution in [0.5, 0.6) is 0 Å². The van der Waals surface area contributed by atoms with Gasteiger partial charge in [0, 0.05) is 13.0 Å². The molecular weight excluding hydrogens is 190 g/mol. The first-order chi connectivity index (χ1) is 6.56. The van der Waals surface area contributed by atoms with E-state index in [-0.39, 0.29) is 26.1 Å². The molecule has 82 valence electrons. The van der Waals surface area contributed by atoms with Gasteiger partial charge < -0.3 is 15.3 Å². The van der Waals surface area contributed by atoms with Gasteiger partial charge in [0.05, 0.1) is 13.2 Å². The predicted octanol–water partition coefficient (Wildman–Crippen LogP) is -0.770. The second-order valence-corrected chi connectivity index (χ2v) is 2.89. The lowest BCUT2D eigenvalue weighted by molar-refractivity contribution is -0.138. The lowest BCUT2D eigenvalue weighted by Gasteiger charge is -2.17. The van der Waals surface area contributed by atoms with Crippen LogP contribution < -0.4 is 0 Å². The Morgan fingerprint density at radius 2 is 1.71 bits per heavy atom. The van der Waals surface area contributed by atoms with Crippen LogP contribution in [0, 0.1) is 0 Å². The van der Waals surface area contributed by atoms with Crippen LogP contribution in [0.3, 0.4) is 0 Å². The molecule has 0 aliphatic rings. The van der Waals surface area contributed by atoms with Gasteiger partial charge in [-0.15, -0.1) is 0 Å². The molecular formula is C8H15NO5. The number of hydrogen-bond acceptors (Lipinski definition) is 4. The van der Waals surface area contributed by atoms with Gasteiger partial charge in [0.1, 0.15) is 0 Å². The fourth-order valence-electron chi connectivity index (χ4n) is 1.06. The van der Waals surface area contributed by atoms with E-state index in [1.807, 2.05) is 0 Å². The molecule has 0 rings (SSSR count). The van der Waals surface area contributed by atoms with Gasteiger partial charge in [-0.1, -0.05) is 0 Å². The zero-order valence-corrected chi connectivity index (χ0v) is 7.85. The quantitative estimate of drug-likeness (QED) is 0.481. The standard InChI is InChI=1S/C8H15NO5/c10-5-4-9(6-8(13)14)3-1-2-7(11)12/h10H,1-6H2,(H,11,12)(H,13,14). The van der Waals surface area contributed by atoms with Crippen molar-refractivity contribution in [1.29, 1.82) is 0 Å². The van der Waals surface area contributed by atoms with E-state index in [0.717, 1.165) is 0 Å². The summed E-state index contributed by atoms with van der Waals surface area (Å²) in [7, 11) is 0. The summed E-state index contributed by atoms with van der Waals surface area (Å²) in [5, 5.41) is 25.4. The van der Waals surface area contributed by atoms with Crippen molar-refractivity contribution in [3.63, 3.8) is 0 Å². The van der Waals surface area contributed by atoms with Crippen molar-refractivity contribution in [1.82, 2.24) is 4.90 Å². The van der Waals surface area contributed by atoms with Gasteiger partial charge >= 0.3 is 11.9 Å². The molecule has 0 aromatic rings. The van der Waals surface area contributed by atoms with Gasteiger partial charge in [-0.2, -0.15) is 0 Å². The van der Waals surface area contributed by atoms with Crippen LogP contribution in [0.25, 0.3) is 0 Å². The van der Waals surface area contributed by atoms with Crippen molar-refractivity contribution in [2.45, 2.75) is 12.8 Å². The van der Waals surface area contributed by atoms with E-state index < -0.39 is 11.9 Å². The number of nitrogens with zero attached hydrogens (tertiary/aromatic N) is 1. The van der Waals surface area contributed by atoms with Gasteiger partial charge in [-0.05, 0) is 13.0 Å². The Morgan fingerprint density at radius 3 is 2.14 bits per heavy atom. The molecule has 6 heteroatoms. The molecule has 14 heavy (non-hydrogen) atoms. The van der Waals surface area contributed by atoms with E-state index in [0.29, 0.717) is 13.0 Å². The Morgan fingerprint density at radius 1 is 1.07 bits per heavy atom. The van der Waals surface area contributed by atoms with Crippen molar-refractivity contribution in [2.24, 2.45) is 0 Å². The average Bonchev–Trinajstić information content (AvgIpc) is 2.02. The van der Waals surface area contributed by atoms with Crippen LogP contribution in [0.4, 0.5) is 0 Å². The predicted molar refractivity (Wildman–Crippen MR) is 48.0 cm³/mol. The molecule has 0 aliphatic carbocycles. The molecule has 0 fully saturated rings. The molecule has 0 aromatic carbocycles. The zero-order chi connectivity index (χ0) is 11.0. The average molecular weight is 205 g/mol. The highest BCUT2D eigenvalue weighted by atomic mass is 16.4. The Bertz CT molecular complexity index is 194. The first-order valence-corrected chi connectivity index (χ1v) is 4.33. The molecule has 0 heterocycles. The third kappa shape index (κ3) is 7.51. The molecule has 0 aliphatic heterocycles. The number of carbonyl (C=O) groups is 2. The Kier molecular flexibility index (Phi) is 6.69. The van der Waals surface area contributed by atoms with E-state index in [1.165, 1.54) is 4.90 Å². The second-order valence-electron chi connectivity index (χ2n) is 2.89. The molecule has 6 nitrogen and oxygen atoms in total. The topological polar surface area (TPSA) is 98.1 Å². The van der Waals surface area contributed by atoms with Crippen molar-refractivity contribution < 1.29 is 24.9 Å². The molecule has 0 unspecified atom stereocenters. The highest BCUT2D eigenvalue weighted by Gasteiger charge is 2.09. The minimum Gasteiger partial charge on any atom is -0.481 e. The third-order valence-corrected chi connectivity index (χ3v) is 1.64. The molecule has 0 aromatic heterocycles. The van der Waals surface area contributed by atoms with E-state index in [1.54, 1.807) is 0 Å². The lowest BCUT2D eigenvalue weighted by Crippen LogP contribution is -2.33. The first-order valence-electron chi connectivity index (χ1n) is 4.33. The Hall–Kier alpha value is -1.14. The maximum atomic E-state index is 10.3. The maximum Gasteiger partial charge on any atom is 0.317 e. The van der Waals surface area contributed by atoms with Crippen LogP contribution in [0.2, 0.25) is 0 Å². The minimum atomic E-state index is -0.978. The largest absolute Gasteiger partial charge is 0.481 e. The van der Waals surface area contributed by atoms with E-state index in [4.69, 9.17) is 15.3 Å². The Labute approximate surface area is 81.8 Å². The highest BCUT2D eigenvalue weighted by Crippen LogP contribution is 1.95. The first kappa shape index (κ1) is 12.9. The van der Waals surface area contributed by atoms with Crippen molar-refractivity contribution >= 4 is 11.9 Å². The normalized spacial score (nSPS) is 10.4. The number of hydrogen-bond donors (Lipinski definition) is 3. The molecule has 0 saturated carbocycles. The van der Waals surface area contributed by atoms with Crippen LogP contribution in [0.15, 0.2) is 0 Å². The van der Waals surface area contributed by atoms with Crippen molar-refractivity contribution in [2.75, 3.05) is 26.2 Å². The second kappa shape index (κ2) is 7.28. The summed E-state index contributed by atoms with van der Waals surface area (Å²) in [4.78, 5) is 22.0. The fraction of sp³-hybridized carbons (Fsp3) is 0.750. The van der Waals surface area contributed by atoms with Gasteiger partial charge in [-0.3, -0.25) is 14.5 Å². The summed E-state index contributed by atoms with van der Waals surface area (Å²) in [6, 6.07) is 0. The Balaban J connectivity index is 3.72. The number of aliphatic carboxylic acids is 2. The molecule has 0 radical (unpaired) electrons. The monoisotopic (exact) mass is 205 g/mol. The lowest BCUT2D eigenvalue weighted by atomic mass is 10.3. The minimum absolute atomic E-state index is 0.0154. The van der Waals surface area contributed by atoms with Crippen LogP contribution in [0.1, 0.15) is 12.8 Å². The van der Waals surface area contributed by atoms with Crippen LogP contribution >= 0.6 is 0 Å². The summed E-state index contributed by atoms with van der Waals surface area (Å²) in [5.41, 5.74) is 0. The number of aliphatic hydroxyl groups excluding tert-OH is 1. The SMILES string of the molecule is O=C(O)CCCN(CCO)CC(=O)O. The van der Waals surface area contributed by atoms with Crippen LogP contribution in [-0.2, 0) is 9.59 Å². The fourth-order valence-corrected chi connectivity index (χ4v) is 1.06. The molecule has 0 bridgehead atoms. The molecule has 0 amide bonds. The van der Waals surface area contributed by atoms with E-state index >= 15 is 0 Å². The van der Waals surface area contributed by atoms with E-state index in [2.05, 4.69) is 0 Å². The van der Waals surface area contributed by atoms with Gasteiger partial charge in [0.15, 0.2) is 0 Å². The van der Waals surface area contributed by atoms with Crippen LogP contribution in [-0.4, -0.2) is 58.4 Å². The number of rotatable bonds is 8. The number of carboxylic acids is 2. The summed E-state index contributed by atoms with van der Waals surface area (Å²) in [6.45, 7) is 0.339. The van der Waals surface area contributed by atoms with Crippen molar-refractivity contribution in [3.8, 4) is 0 Å². The molecule has 0 spiro atoms. The molecule has 3 N–H and O–H groups in total. The number of aliphatic hydroxyl groups is 1. The van der Waals surface area contributed by atoms with Gasteiger partial charge in [0.25, 0.3) is 0 Å². The van der Waals surface area contributed by atoms with Gasteiger partial charge in [-0.25, -0.2) is 0 Å². The van der Waals surface area contributed by atoms with Gasteiger partial charge in [0.2, 0.25) is 0 Å². The highest BCUT2D eigenvalue weighted by molar-refractivity contribution is 5.69. The third-order valence-electron chi connectivity index (χ3n) is 1.64. The molecule has 0 atom stereocenters. The zero-order valence-electron chi connectivity index (χ0n) is 7.85. The summed E-state index contributed by atoms with van der Waals surface area (Å²) < 4.78 is 0. The smallest absolute Gasteiger partial charge is 0.317 e. The summed E-state index contributed by atoms with van der Waals surface area (Å²) in [6.07, 6.45) is 0.407. The van der Waals surface area contributed by atoms with Crippen molar-refractivity contribution in [3.05, 3.63) is 0 Å². The number of carboxylic acid groups (broad SMARTS) is 2. The maximum absolute atomic E-state index is 10.3. The summed E-state index contributed by atoms with van der Waals surface area (Å²) >= 11 is 0. The molecule has 0 saturated heterocycles. The van der Waals surface area contributed by atoms with E-state index in [9.17, 15) is 9.59 Å². The summed E-state index contributed by atoms with van der Waals surface area (Å²) in [5.74, 6) is -1.88.